The molecule has 0 aliphatic heterocycles. The number of carbonyl (C=O) groups excluding carboxylic acids is 1. The standard InChI is InChI=1S/C25H31NO3/c1-5-8-22-23(20-9-6-7-10-21(20)29-22)24(27)18-11-13-19(14-12-18)28-16-15-26-17-25(2,3)4/h6-7,9-14,26H,5,8,15-17H2,1-4H3. The summed E-state index contributed by atoms with van der Waals surface area (Å²) in [5, 5.41) is 4.27. The van der Waals surface area contributed by atoms with E-state index in [1.165, 1.54) is 0 Å². The zero-order chi connectivity index (χ0) is 20.9. The molecule has 154 valence electrons. The van der Waals surface area contributed by atoms with Gasteiger partial charge in [0, 0.05) is 30.5 Å². The van der Waals surface area contributed by atoms with E-state index in [0.29, 0.717) is 17.7 Å². The molecule has 4 nitrogen and oxygen atoms in total. The molecular formula is C25H31NO3. The molecule has 0 aliphatic rings. The number of aryl methyl sites for hydroxylation is 1. The molecule has 0 saturated heterocycles. The lowest BCUT2D eigenvalue weighted by molar-refractivity contribution is 0.103. The van der Waals surface area contributed by atoms with Crippen molar-refractivity contribution in [2.24, 2.45) is 5.41 Å². The fourth-order valence-corrected chi connectivity index (χ4v) is 3.30. The molecule has 3 rings (SSSR count). The van der Waals surface area contributed by atoms with Crippen LogP contribution in [0.1, 0.15) is 55.8 Å². The monoisotopic (exact) mass is 393 g/mol. The molecule has 0 spiro atoms. The van der Waals surface area contributed by atoms with Crippen molar-refractivity contribution in [2.45, 2.75) is 40.5 Å². The highest BCUT2D eigenvalue weighted by atomic mass is 16.5. The molecule has 1 heterocycles. The predicted octanol–water partition coefficient (Wildman–Crippen LogP) is 5.63. The maximum absolute atomic E-state index is 13.2. The molecule has 1 aromatic heterocycles. The molecule has 0 amide bonds. The molecule has 1 N–H and O–H groups in total. The molecule has 0 unspecified atom stereocenters. The highest BCUT2D eigenvalue weighted by molar-refractivity contribution is 6.16. The van der Waals surface area contributed by atoms with Gasteiger partial charge in [0.1, 0.15) is 23.7 Å². The van der Waals surface area contributed by atoms with Crippen molar-refractivity contribution in [1.82, 2.24) is 5.32 Å². The summed E-state index contributed by atoms with van der Waals surface area (Å²) in [6.07, 6.45) is 1.68. The predicted molar refractivity (Wildman–Crippen MR) is 118 cm³/mol. The largest absolute Gasteiger partial charge is 0.492 e. The summed E-state index contributed by atoms with van der Waals surface area (Å²) >= 11 is 0. The summed E-state index contributed by atoms with van der Waals surface area (Å²) < 4.78 is 11.7. The average molecular weight is 394 g/mol. The SMILES string of the molecule is CCCc1oc2ccccc2c1C(=O)c1ccc(OCCNCC(C)(C)C)cc1. The summed E-state index contributed by atoms with van der Waals surface area (Å²) in [5.74, 6) is 1.53. The number of ether oxygens (including phenoxy) is 1. The molecule has 0 saturated carbocycles. The van der Waals surface area contributed by atoms with Gasteiger partial charge in [-0.3, -0.25) is 4.79 Å². The van der Waals surface area contributed by atoms with Crippen molar-refractivity contribution in [2.75, 3.05) is 19.7 Å². The van der Waals surface area contributed by atoms with Crippen LogP contribution in [0.2, 0.25) is 0 Å². The normalized spacial score (nSPS) is 11.7. The van der Waals surface area contributed by atoms with Crippen LogP contribution in [-0.2, 0) is 6.42 Å². The Hall–Kier alpha value is -2.59. The van der Waals surface area contributed by atoms with Crippen LogP contribution >= 0.6 is 0 Å². The van der Waals surface area contributed by atoms with Gasteiger partial charge in [0.25, 0.3) is 0 Å². The number of fused-ring (bicyclic) bond motifs is 1. The number of carbonyl (C=O) groups is 1. The first-order valence-corrected chi connectivity index (χ1v) is 10.4. The van der Waals surface area contributed by atoms with Crippen LogP contribution in [0.25, 0.3) is 11.0 Å². The van der Waals surface area contributed by atoms with E-state index in [2.05, 4.69) is 33.0 Å². The van der Waals surface area contributed by atoms with Crippen molar-refractivity contribution in [1.29, 1.82) is 0 Å². The first kappa shape index (κ1) is 21.1. The smallest absolute Gasteiger partial charge is 0.197 e. The number of hydrogen-bond acceptors (Lipinski definition) is 4. The lowest BCUT2D eigenvalue weighted by Crippen LogP contribution is -2.30. The van der Waals surface area contributed by atoms with Crippen LogP contribution in [0.4, 0.5) is 0 Å². The Morgan fingerprint density at radius 3 is 2.48 bits per heavy atom. The highest BCUT2D eigenvalue weighted by Gasteiger charge is 2.21. The number of benzene rings is 2. The van der Waals surface area contributed by atoms with E-state index in [4.69, 9.17) is 9.15 Å². The molecule has 0 bridgehead atoms. The third kappa shape index (κ3) is 5.48. The van der Waals surface area contributed by atoms with Gasteiger partial charge in [-0.15, -0.1) is 0 Å². The Bertz CT molecular complexity index is 948. The molecule has 0 aliphatic carbocycles. The van der Waals surface area contributed by atoms with E-state index in [9.17, 15) is 4.79 Å². The van der Waals surface area contributed by atoms with Crippen LogP contribution in [0.15, 0.2) is 52.9 Å². The fraction of sp³-hybridized carbons (Fsp3) is 0.400. The lowest BCUT2D eigenvalue weighted by Gasteiger charge is -2.18. The first-order chi connectivity index (χ1) is 13.9. The second-order valence-electron chi connectivity index (χ2n) is 8.59. The van der Waals surface area contributed by atoms with E-state index >= 15 is 0 Å². The molecule has 4 heteroatoms. The Morgan fingerprint density at radius 2 is 1.79 bits per heavy atom. The van der Waals surface area contributed by atoms with Gasteiger partial charge in [0.2, 0.25) is 0 Å². The van der Waals surface area contributed by atoms with Gasteiger partial charge in [0.05, 0.1) is 5.56 Å². The summed E-state index contributed by atoms with van der Waals surface area (Å²) in [6, 6.07) is 15.1. The van der Waals surface area contributed by atoms with Crippen LogP contribution in [0.5, 0.6) is 5.75 Å². The second-order valence-corrected chi connectivity index (χ2v) is 8.59. The Kier molecular flexibility index (Phi) is 6.75. The van der Waals surface area contributed by atoms with Gasteiger partial charge < -0.3 is 14.5 Å². The summed E-state index contributed by atoms with van der Waals surface area (Å²) in [4.78, 5) is 13.2. The second kappa shape index (κ2) is 9.27. The molecule has 0 atom stereocenters. The summed E-state index contributed by atoms with van der Waals surface area (Å²) in [5.41, 5.74) is 2.35. The minimum absolute atomic E-state index is 0.00297. The number of furan rings is 1. The molecule has 29 heavy (non-hydrogen) atoms. The van der Waals surface area contributed by atoms with Crippen molar-refractivity contribution in [3.05, 3.63) is 65.4 Å². The number of hydrogen-bond donors (Lipinski definition) is 1. The van der Waals surface area contributed by atoms with Gasteiger partial charge in [-0.2, -0.15) is 0 Å². The maximum Gasteiger partial charge on any atom is 0.197 e. The van der Waals surface area contributed by atoms with Crippen molar-refractivity contribution in [3.8, 4) is 5.75 Å². The van der Waals surface area contributed by atoms with Gasteiger partial charge in [-0.05, 0) is 42.2 Å². The van der Waals surface area contributed by atoms with Crippen LogP contribution in [0, 0.1) is 5.41 Å². The number of ketones is 1. The molecule has 3 aromatic rings. The van der Waals surface area contributed by atoms with Crippen molar-refractivity contribution < 1.29 is 13.9 Å². The number of rotatable bonds is 9. The Balaban J connectivity index is 1.68. The van der Waals surface area contributed by atoms with E-state index in [0.717, 1.165) is 48.4 Å². The maximum atomic E-state index is 13.2. The topological polar surface area (TPSA) is 51.5 Å². The van der Waals surface area contributed by atoms with Crippen LogP contribution in [0.3, 0.4) is 0 Å². The van der Waals surface area contributed by atoms with Gasteiger partial charge >= 0.3 is 0 Å². The zero-order valence-electron chi connectivity index (χ0n) is 17.9. The third-order valence-corrected chi connectivity index (χ3v) is 4.69. The number of nitrogens with one attached hydrogen (secondary N) is 1. The molecule has 0 radical (unpaired) electrons. The summed E-state index contributed by atoms with van der Waals surface area (Å²) in [6.45, 7) is 11.0. The van der Waals surface area contributed by atoms with Crippen molar-refractivity contribution in [3.63, 3.8) is 0 Å². The van der Waals surface area contributed by atoms with Crippen molar-refractivity contribution >= 4 is 16.8 Å². The Labute approximate surface area is 173 Å². The first-order valence-electron chi connectivity index (χ1n) is 10.4. The average Bonchev–Trinajstić information content (AvgIpc) is 3.05. The highest BCUT2D eigenvalue weighted by Crippen LogP contribution is 2.29. The third-order valence-electron chi connectivity index (χ3n) is 4.69. The minimum atomic E-state index is -0.00297. The summed E-state index contributed by atoms with van der Waals surface area (Å²) in [7, 11) is 0. The fourth-order valence-electron chi connectivity index (χ4n) is 3.30. The minimum Gasteiger partial charge on any atom is -0.492 e. The number of para-hydroxylation sites is 1. The van der Waals surface area contributed by atoms with Gasteiger partial charge in [-0.1, -0.05) is 45.9 Å². The zero-order valence-corrected chi connectivity index (χ0v) is 17.9. The van der Waals surface area contributed by atoms with E-state index in [1.54, 1.807) is 0 Å². The van der Waals surface area contributed by atoms with E-state index in [-0.39, 0.29) is 11.2 Å². The lowest BCUT2D eigenvalue weighted by atomic mass is 9.97. The van der Waals surface area contributed by atoms with Gasteiger partial charge in [0.15, 0.2) is 5.78 Å². The molecule has 0 fully saturated rings. The van der Waals surface area contributed by atoms with Crippen LogP contribution < -0.4 is 10.1 Å². The molecular weight excluding hydrogens is 362 g/mol. The quantitative estimate of drug-likeness (QED) is 0.378. The van der Waals surface area contributed by atoms with Crippen LogP contribution in [-0.4, -0.2) is 25.5 Å². The van der Waals surface area contributed by atoms with E-state index < -0.39 is 0 Å². The Morgan fingerprint density at radius 1 is 1.07 bits per heavy atom. The van der Waals surface area contributed by atoms with Gasteiger partial charge in [-0.25, -0.2) is 0 Å². The molecule has 2 aromatic carbocycles. The van der Waals surface area contributed by atoms with E-state index in [1.807, 2.05) is 48.5 Å².